The van der Waals surface area contributed by atoms with Crippen LogP contribution in [0.2, 0.25) is 0 Å². The summed E-state index contributed by atoms with van der Waals surface area (Å²) in [5, 5.41) is 0. The minimum absolute atomic E-state index is 0.0431. The van der Waals surface area contributed by atoms with E-state index >= 15 is 0 Å². The van der Waals surface area contributed by atoms with Crippen molar-refractivity contribution in [2.75, 3.05) is 0 Å². The first-order valence-electron chi connectivity index (χ1n) is 9.30. The van der Waals surface area contributed by atoms with E-state index in [1.54, 1.807) is 12.2 Å². The maximum atomic E-state index is 12.2. The molecule has 2 rings (SSSR count). The smallest absolute Gasteiger partial charge is 0.178 e. The van der Waals surface area contributed by atoms with E-state index in [4.69, 9.17) is 0 Å². The molecule has 0 aliphatic heterocycles. The first-order valence-corrected chi connectivity index (χ1v) is 9.30. The molecule has 0 atom stereocenters. The molecule has 0 heterocycles. The summed E-state index contributed by atoms with van der Waals surface area (Å²) < 4.78 is 0. The minimum atomic E-state index is 0.0431. The Morgan fingerprint density at radius 2 is 1.64 bits per heavy atom. The molecule has 0 N–H and O–H groups in total. The Labute approximate surface area is 153 Å². The average Bonchev–Trinajstić information content (AvgIpc) is 2.51. The number of ketones is 1. The van der Waals surface area contributed by atoms with Crippen LogP contribution in [0.15, 0.2) is 53.6 Å². The molecule has 1 aliphatic rings. The molecule has 134 valence electrons. The summed E-state index contributed by atoms with van der Waals surface area (Å²) in [5.74, 6) is 0.0431. The van der Waals surface area contributed by atoms with Gasteiger partial charge in [0, 0.05) is 0 Å². The highest BCUT2D eigenvalue weighted by molar-refractivity contribution is 6.02. The summed E-state index contributed by atoms with van der Waals surface area (Å²) >= 11 is 0. The van der Waals surface area contributed by atoms with Gasteiger partial charge in [-0.15, -0.1) is 0 Å². The van der Waals surface area contributed by atoms with E-state index < -0.39 is 0 Å². The summed E-state index contributed by atoms with van der Waals surface area (Å²) in [7, 11) is 0. The number of hydrogen-bond acceptors (Lipinski definition) is 1. The number of allylic oxidation sites excluding steroid dienone is 5. The monoisotopic (exact) mass is 336 g/mol. The van der Waals surface area contributed by atoms with Crippen LogP contribution in [-0.4, -0.2) is 5.78 Å². The number of carbonyl (C=O) groups is 1. The van der Waals surface area contributed by atoms with Crippen molar-refractivity contribution in [3.8, 4) is 0 Å². The first kappa shape index (κ1) is 19.4. The molecule has 1 heteroatoms. The van der Waals surface area contributed by atoms with Gasteiger partial charge in [0.05, 0.1) is 0 Å². The second kappa shape index (κ2) is 7.56. The molecule has 1 aromatic carbocycles. The second-order valence-electron chi connectivity index (χ2n) is 8.87. The van der Waals surface area contributed by atoms with E-state index in [1.807, 2.05) is 12.2 Å². The van der Waals surface area contributed by atoms with Crippen LogP contribution in [-0.2, 0) is 10.2 Å². The topological polar surface area (TPSA) is 17.1 Å². The van der Waals surface area contributed by atoms with Gasteiger partial charge in [0.2, 0.25) is 0 Å². The third-order valence-electron chi connectivity index (χ3n) is 5.17. The molecule has 0 aromatic heterocycles. The molecule has 1 nitrogen and oxygen atoms in total. The van der Waals surface area contributed by atoms with Gasteiger partial charge in [0.25, 0.3) is 0 Å². The van der Waals surface area contributed by atoms with Crippen molar-refractivity contribution in [3.63, 3.8) is 0 Å². The fourth-order valence-corrected chi connectivity index (χ4v) is 3.50. The van der Waals surface area contributed by atoms with Gasteiger partial charge in [-0.1, -0.05) is 76.6 Å². The molecule has 0 saturated carbocycles. The van der Waals surface area contributed by atoms with Crippen LogP contribution in [0.5, 0.6) is 0 Å². The fourth-order valence-electron chi connectivity index (χ4n) is 3.50. The van der Waals surface area contributed by atoms with Gasteiger partial charge >= 0.3 is 0 Å². The number of carbonyl (C=O) groups excluding carboxylic acids is 1. The quantitative estimate of drug-likeness (QED) is 0.563. The molecule has 25 heavy (non-hydrogen) atoms. The van der Waals surface area contributed by atoms with Gasteiger partial charge in [-0.25, -0.2) is 0 Å². The lowest BCUT2D eigenvalue weighted by atomic mass is 9.72. The Morgan fingerprint density at radius 3 is 2.20 bits per heavy atom. The zero-order chi connectivity index (χ0) is 18.7. The van der Waals surface area contributed by atoms with Gasteiger partial charge in [0.15, 0.2) is 5.78 Å². The molecular formula is C24H32O. The van der Waals surface area contributed by atoms with Crippen LogP contribution < -0.4 is 0 Å². The Balaban J connectivity index is 2.06. The van der Waals surface area contributed by atoms with Crippen LogP contribution in [0, 0.1) is 5.41 Å². The zero-order valence-electron chi connectivity index (χ0n) is 16.6. The lowest BCUT2D eigenvalue weighted by molar-refractivity contribution is -0.110. The predicted octanol–water partition coefficient (Wildman–Crippen LogP) is 6.65. The molecule has 1 aromatic rings. The molecule has 0 amide bonds. The molecule has 0 bridgehead atoms. The van der Waals surface area contributed by atoms with E-state index in [0.717, 1.165) is 12.0 Å². The Kier molecular flexibility index (Phi) is 5.87. The van der Waals surface area contributed by atoms with E-state index in [-0.39, 0.29) is 16.6 Å². The van der Waals surface area contributed by atoms with Gasteiger partial charge in [0.1, 0.15) is 0 Å². The van der Waals surface area contributed by atoms with Gasteiger partial charge in [-0.2, -0.15) is 0 Å². The zero-order valence-corrected chi connectivity index (χ0v) is 16.6. The minimum Gasteiger partial charge on any atom is -0.290 e. The second-order valence-corrected chi connectivity index (χ2v) is 8.87. The highest BCUT2D eigenvalue weighted by atomic mass is 16.1. The van der Waals surface area contributed by atoms with Crippen LogP contribution in [0.4, 0.5) is 0 Å². The van der Waals surface area contributed by atoms with Crippen molar-refractivity contribution in [2.45, 2.75) is 66.2 Å². The van der Waals surface area contributed by atoms with Crippen molar-refractivity contribution in [3.05, 3.63) is 64.8 Å². The van der Waals surface area contributed by atoms with Crippen molar-refractivity contribution < 1.29 is 4.79 Å². The predicted molar refractivity (Wildman–Crippen MR) is 109 cm³/mol. The summed E-state index contributed by atoms with van der Waals surface area (Å²) in [5.41, 5.74) is 5.43. The van der Waals surface area contributed by atoms with E-state index in [9.17, 15) is 4.79 Å². The summed E-state index contributed by atoms with van der Waals surface area (Å²) in [6.45, 7) is 13.3. The Hall–Kier alpha value is -1.89. The number of rotatable bonds is 4. The summed E-state index contributed by atoms with van der Waals surface area (Å²) in [6.07, 6.45) is 10.9. The summed E-state index contributed by atoms with van der Waals surface area (Å²) in [4.78, 5) is 12.2. The van der Waals surface area contributed by atoms with E-state index in [2.05, 4.69) is 65.8 Å². The third kappa shape index (κ3) is 5.29. The van der Waals surface area contributed by atoms with Crippen LogP contribution >= 0.6 is 0 Å². The fraction of sp³-hybridized carbons (Fsp3) is 0.458. The van der Waals surface area contributed by atoms with Crippen LogP contribution in [0.3, 0.4) is 0 Å². The lowest BCUT2D eigenvalue weighted by Crippen LogP contribution is -2.19. The van der Waals surface area contributed by atoms with Crippen molar-refractivity contribution in [1.29, 1.82) is 0 Å². The normalized spacial score (nSPS) is 18.3. The molecule has 0 unspecified atom stereocenters. The van der Waals surface area contributed by atoms with Crippen LogP contribution in [0.1, 0.15) is 71.9 Å². The summed E-state index contributed by atoms with van der Waals surface area (Å²) in [6, 6.07) is 8.42. The molecule has 1 aliphatic carbocycles. The maximum Gasteiger partial charge on any atom is 0.178 e. The van der Waals surface area contributed by atoms with Gasteiger partial charge < -0.3 is 0 Å². The van der Waals surface area contributed by atoms with E-state index in [1.165, 1.54) is 29.6 Å². The Morgan fingerprint density at radius 1 is 1.04 bits per heavy atom. The molecule has 0 spiro atoms. The maximum absolute atomic E-state index is 12.2. The van der Waals surface area contributed by atoms with Gasteiger partial charge in [-0.05, 0) is 65.9 Å². The third-order valence-corrected chi connectivity index (χ3v) is 5.17. The largest absolute Gasteiger partial charge is 0.290 e. The SMILES string of the molecule is CC1=C(/C=C/C(=O)/C=C/c2ccc(C(C)(C)C)cc2)C(C)(C)CCC1. The van der Waals surface area contributed by atoms with Crippen molar-refractivity contribution in [2.24, 2.45) is 5.41 Å². The molecule has 0 radical (unpaired) electrons. The van der Waals surface area contributed by atoms with Crippen LogP contribution in [0.25, 0.3) is 6.08 Å². The highest BCUT2D eigenvalue weighted by Crippen LogP contribution is 2.40. The van der Waals surface area contributed by atoms with Crippen molar-refractivity contribution >= 4 is 11.9 Å². The standard InChI is InChI=1S/C24H32O/c1-18-8-7-17-24(5,6)22(18)16-15-21(25)14-11-19-9-12-20(13-10-19)23(2,3)4/h9-16H,7-8,17H2,1-6H3/b14-11+,16-15+. The number of hydrogen-bond donors (Lipinski definition) is 0. The lowest BCUT2D eigenvalue weighted by Gasteiger charge is -2.32. The average molecular weight is 337 g/mol. The highest BCUT2D eigenvalue weighted by Gasteiger charge is 2.26. The molecule has 0 saturated heterocycles. The first-order chi connectivity index (χ1) is 11.6. The molecule has 0 fully saturated rings. The van der Waals surface area contributed by atoms with Gasteiger partial charge in [-0.3, -0.25) is 4.79 Å². The van der Waals surface area contributed by atoms with E-state index in [0.29, 0.717) is 0 Å². The Bertz CT molecular complexity index is 703. The number of benzene rings is 1. The molecular weight excluding hydrogens is 304 g/mol. The van der Waals surface area contributed by atoms with Crippen molar-refractivity contribution in [1.82, 2.24) is 0 Å².